The third-order valence-corrected chi connectivity index (χ3v) is 3.73. The van der Waals surface area contributed by atoms with Crippen molar-refractivity contribution in [3.8, 4) is 0 Å². The molecule has 1 unspecified atom stereocenters. The molecule has 1 aliphatic rings. The first-order valence-electron chi connectivity index (χ1n) is 6.35. The van der Waals surface area contributed by atoms with Crippen molar-refractivity contribution < 1.29 is 9.90 Å². The Labute approximate surface area is 112 Å². The standard InChI is InChI=1S/C14H18ClNO2/c15-13-5-3-11(4-6-13)2-1-8-16-9-7-12(10-16)14(17)18/h3-6,12H,1-2,7-10H2,(H,17,18). The highest BCUT2D eigenvalue weighted by atomic mass is 35.5. The van der Waals surface area contributed by atoms with Crippen LogP contribution in [0.3, 0.4) is 0 Å². The predicted molar refractivity (Wildman–Crippen MR) is 72.0 cm³/mol. The van der Waals surface area contributed by atoms with E-state index in [1.165, 1.54) is 5.56 Å². The number of aliphatic carboxylic acids is 1. The Morgan fingerprint density at radius 1 is 1.39 bits per heavy atom. The van der Waals surface area contributed by atoms with Gasteiger partial charge in [-0.1, -0.05) is 23.7 Å². The lowest BCUT2D eigenvalue weighted by Gasteiger charge is -2.14. The van der Waals surface area contributed by atoms with Crippen molar-refractivity contribution in [1.82, 2.24) is 4.90 Å². The summed E-state index contributed by atoms with van der Waals surface area (Å²) in [6.45, 7) is 2.60. The molecule has 1 aromatic carbocycles. The summed E-state index contributed by atoms with van der Waals surface area (Å²) >= 11 is 5.83. The number of benzene rings is 1. The molecular formula is C14H18ClNO2. The number of likely N-dealkylation sites (tertiary alicyclic amines) is 1. The molecule has 98 valence electrons. The van der Waals surface area contributed by atoms with Gasteiger partial charge in [-0.25, -0.2) is 0 Å². The van der Waals surface area contributed by atoms with Crippen LogP contribution < -0.4 is 0 Å². The van der Waals surface area contributed by atoms with E-state index in [2.05, 4.69) is 4.90 Å². The summed E-state index contributed by atoms with van der Waals surface area (Å²) in [5.41, 5.74) is 1.29. The maximum Gasteiger partial charge on any atom is 0.307 e. The number of nitrogens with zero attached hydrogens (tertiary/aromatic N) is 1. The number of halogens is 1. The number of rotatable bonds is 5. The van der Waals surface area contributed by atoms with Gasteiger partial charge in [0.05, 0.1) is 5.92 Å². The van der Waals surface area contributed by atoms with Gasteiger partial charge in [0.1, 0.15) is 0 Å². The molecule has 1 fully saturated rings. The Kier molecular flexibility index (Phi) is 4.61. The van der Waals surface area contributed by atoms with Gasteiger partial charge >= 0.3 is 5.97 Å². The molecule has 1 aromatic rings. The zero-order valence-electron chi connectivity index (χ0n) is 10.3. The Morgan fingerprint density at radius 2 is 2.11 bits per heavy atom. The highest BCUT2D eigenvalue weighted by Crippen LogP contribution is 2.17. The first-order chi connectivity index (χ1) is 8.65. The van der Waals surface area contributed by atoms with E-state index in [9.17, 15) is 4.79 Å². The lowest BCUT2D eigenvalue weighted by Crippen LogP contribution is -2.24. The first kappa shape index (κ1) is 13.4. The molecule has 3 nitrogen and oxygen atoms in total. The van der Waals surface area contributed by atoms with Gasteiger partial charge in [-0.2, -0.15) is 0 Å². The highest BCUT2D eigenvalue weighted by molar-refractivity contribution is 6.30. The molecule has 0 bridgehead atoms. The smallest absolute Gasteiger partial charge is 0.307 e. The van der Waals surface area contributed by atoms with Crippen LogP contribution in [0.2, 0.25) is 5.02 Å². The summed E-state index contributed by atoms with van der Waals surface area (Å²) in [5.74, 6) is -0.823. The fraction of sp³-hybridized carbons (Fsp3) is 0.500. The summed E-state index contributed by atoms with van der Waals surface area (Å²) in [5, 5.41) is 9.69. The third kappa shape index (κ3) is 3.72. The molecule has 1 atom stereocenters. The quantitative estimate of drug-likeness (QED) is 0.892. The van der Waals surface area contributed by atoms with E-state index in [-0.39, 0.29) is 5.92 Å². The van der Waals surface area contributed by atoms with Gasteiger partial charge in [0.2, 0.25) is 0 Å². The molecule has 18 heavy (non-hydrogen) atoms. The van der Waals surface area contributed by atoms with Gasteiger partial charge in [0.15, 0.2) is 0 Å². The van der Waals surface area contributed by atoms with Crippen LogP contribution in [-0.2, 0) is 11.2 Å². The number of aryl methyl sites for hydroxylation is 1. The minimum Gasteiger partial charge on any atom is -0.481 e. The second-order valence-corrected chi connectivity index (χ2v) is 5.29. The van der Waals surface area contributed by atoms with E-state index in [1.807, 2.05) is 24.3 Å². The van der Waals surface area contributed by atoms with Crippen molar-refractivity contribution in [2.24, 2.45) is 5.92 Å². The van der Waals surface area contributed by atoms with Crippen LogP contribution in [0.1, 0.15) is 18.4 Å². The van der Waals surface area contributed by atoms with Gasteiger partial charge in [0, 0.05) is 11.6 Å². The van der Waals surface area contributed by atoms with E-state index in [4.69, 9.17) is 16.7 Å². The Morgan fingerprint density at radius 3 is 2.72 bits per heavy atom. The van der Waals surface area contributed by atoms with E-state index in [0.29, 0.717) is 6.54 Å². The van der Waals surface area contributed by atoms with Gasteiger partial charge in [-0.05, 0) is 50.0 Å². The predicted octanol–water partition coefficient (Wildman–Crippen LogP) is 2.68. The van der Waals surface area contributed by atoms with Crippen LogP contribution in [0.4, 0.5) is 0 Å². The van der Waals surface area contributed by atoms with Gasteiger partial charge in [0.25, 0.3) is 0 Å². The maximum atomic E-state index is 10.8. The summed E-state index contributed by atoms with van der Waals surface area (Å²) in [4.78, 5) is 13.1. The van der Waals surface area contributed by atoms with Crippen LogP contribution in [-0.4, -0.2) is 35.6 Å². The van der Waals surface area contributed by atoms with Crippen molar-refractivity contribution >= 4 is 17.6 Å². The van der Waals surface area contributed by atoms with Crippen molar-refractivity contribution in [3.63, 3.8) is 0 Å². The average Bonchev–Trinajstić information content (AvgIpc) is 2.81. The van der Waals surface area contributed by atoms with E-state index >= 15 is 0 Å². The average molecular weight is 268 g/mol. The topological polar surface area (TPSA) is 40.5 Å². The van der Waals surface area contributed by atoms with Crippen molar-refractivity contribution in [3.05, 3.63) is 34.9 Å². The largest absolute Gasteiger partial charge is 0.481 e. The second kappa shape index (κ2) is 6.21. The molecule has 0 saturated carbocycles. The zero-order valence-corrected chi connectivity index (χ0v) is 11.1. The molecule has 1 aliphatic heterocycles. The van der Waals surface area contributed by atoms with Crippen molar-refractivity contribution in [1.29, 1.82) is 0 Å². The van der Waals surface area contributed by atoms with Crippen LogP contribution in [0.15, 0.2) is 24.3 Å². The Balaban J connectivity index is 1.70. The minimum absolute atomic E-state index is 0.166. The Hall–Kier alpha value is -1.06. The number of carboxylic acid groups (broad SMARTS) is 1. The summed E-state index contributed by atoms with van der Waals surface area (Å²) < 4.78 is 0. The van der Waals surface area contributed by atoms with Gasteiger partial charge in [-0.3, -0.25) is 4.79 Å². The molecule has 4 heteroatoms. The summed E-state index contributed by atoms with van der Waals surface area (Å²) in [7, 11) is 0. The number of hydrogen-bond acceptors (Lipinski definition) is 2. The van der Waals surface area contributed by atoms with E-state index < -0.39 is 5.97 Å². The highest BCUT2D eigenvalue weighted by Gasteiger charge is 2.27. The lowest BCUT2D eigenvalue weighted by molar-refractivity contribution is -0.141. The maximum absolute atomic E-state index is 10.8. The van der Waals surface area contributed by atoms with Gasteiger partial charge in [-0.15, -0.1) is 0 Å². The van der Waals surface area contributed by atoms with Crippen LogP contribution in [0, 0.1) is 5.92 Å². The first-order valence-corrected chi connectivity index (χ1v) is 6.72. The van der Waals surface area contributed by atoms with Crippen LogP contribution >= 0.6 is 11.6 Å². The molecular weight excluding hydrogens is 250 g/mol. The minimum atomic E-state index is -0.657. The van der Waals surface area contributed by atoms with E-state index in [1.54, 1.807) is 0 Å². The molecule has 1 N–H and O–H groups in total. The monoisotopic (exact) mass is 267 g/mol. The zero-order chi connectivity index (χ0) is 13.0. The number of carbonyl (C=O) groups is 1. The third-order valence-electron chi connectivity index (χ3n) is 3.47. The molecule has 1 saturated heterocycles. The van der Waals surface area contributed by atoms with Crippen molar-refractivity contribution in [2.45, 2.75) is 19.3 Å². The fourth-order valence-corrected chi connectivity index (χ4v) is 2.52. The SMILES string of the molecule is O=C(O)C1CCN(CCCc2ccc(Cl)cc2)C1. The molecule has 0 amide bonds. The van der Waals surface area contributed by atoms with Crippen LogP contribution in [0.5, 0.6) is 0 Å². The lowest BCUT2D eigenvalue weighted by atomic mass is 10.1. The molecule has 0 spiro atoms. The fourth-order valence-electron chi connectivity index (χ4n) is 2.40. The van der Waals surface area contributed by atoms with Crippen LogP contribution in [0.25, 0.3) is 0 Å². The summed E-state index contributed by atoms with van der Waals surface area (Å²) in [6.07, 6.45) is 2.87. The molecule has 0 aliphatic carbocycles. The molecule has 2 rings (SSSR count). The van der Waals surface area contributed by atoms with Gasteiger partial charge < -0.3 is 10.0 Å². The number of hydrogen-bond donors (Lipinski definition) is 1. The van der Waals surface area contributed by atoms with Crippen molar-refractivity contribution in [2.75, 3.05) is 19.6 Å². The van der Waals surface area contributed by atoms with E-state index in [0.717, 1.165) is 37.4 Å². The molecule has 0 radical (unpaired) electrons. The normalized spacial score (nSPS) is 20.2. The molecule has 1 heterocycles. The summed E-state index contributed by atoms with van der Waals surface area (Å²) in [6, 6.07) is 7.92. The number of carboxylic acids is 1. The second-order valence-electron chi connectivity index (χ2n) is 4.85. The molecule has 0 aromatic heterocycles. The Bertz CT molecular complexity index is 405.